The van der Waals surface area contributed by atoms with Crippen molar-refractivity contribution in [3.8, 4) is 0 Å². The van der Waals surface area contributed by atoms with Crippen molar-refractivity contribution in [2.24, 2.45) is 0 Å². The van der Waals surface area contributed by atoms with E-state index < -0.39 is 33.1 Å². The van der Waals surface area contributed by atoms with Crippen LogP contribution in [0.5, 0.6) is 0 Å². The Morgan fingerprint density at radius 3 is 2.72 bits per heavy atom. The molecule has 0 amide bonds. The van der Waals surface area contributed by atoms with Crippen molar-refractivity contribution in [2.45, 2.75) is 5.88 Å². The van der Waals surface area contributed by atoms with Crippen LogP contribution in [-0.4, -0.2) is 50.1 Å². The number of carbonyl (C=O) groups is 1. The minimum Gasteiger partial charge on any atom is -0.476 e. The third-order valence-electron chi connectivity index (χ3n) is 1.98. The summed E-state index contributed by atoms with van der Waals surface area (Å²) in [4.78, 5) is 26.0. The fourth-order valence-corrected chi connectivity index (χ4v) is 1.90. The number of imidazole rings is 1. The van der Waals surface area contributed by atoms with Crippen LogP contribution in [0.25, 0.3) is 5.65 Å². The van der Waals surface area contributed by atoms with Crippen molar-refractivity contribution in [1.82, 2.24) is 24.4 Å². The summed E-state index contributed by atoms with van der Waals surface area (Å²) < 4.78 is 23.5. The van der Waals surface area contributed by atoms with Crippen molar-refractivity contribution >= 4 is 21.5 Å². The lowest BCUT2D eigenvalue weighted by Crippen LogP contribution is -2.32. The number of rotatable bonds is 3. The van der Waals surface area contributed by atoms with Gasteiger partial charge < -0.3 is 5.11 Å². The van der Waals surface area contributed by atoms with Gasteiger partial charge in [0.15, 0.2) is 21.2 Å². The SMILES string of the molecule is CS(=O)(=O)Cn1nnc2c(C(=O)O)ncn2c1=O. The molecule has 0 aliphatic carbocycles. The topological polar surface area (TPSA) is 137 Å². The van der Waals surface area contributed by atoms with Gasteiger partial charge in [-0.05, 0) is 0 Å². The molecule has 0 unspecified atom stereocenters. The lowest BCUT2D eigenvalue weighted by atomic mass is 10.5. The molecule has 1 N–H and O–H groups in total. The summed E-state index contributed by atoms with van der Waals surface area (Å²) in [6.45, 7) is 0. The second kappa shape index (κ2) is 3.87. The van der Waals surface area contributed by atoms with E-state index in [9.17, 15) is 18.0 Å². The first-order valence-corrected chi connectivity index (χ1v) is 6.57. The van der Waals surface area contributed by atoms with Gasteiger partial charge in [-0.15, -0.1) is 5.10 Å². The zero-order chi connectivity index (χ0) is 13.5. The third kappa shape index (κ3) is 2.07. The predicted molar refractivity (Wildman–Crippen MR) is 56.8 cm³/mol. The molecule has 0 aliphatic rings. The average molecular weight is 273 g/mol. The highest BCUT2D eigenvalue weighted by atomic mass is 32.2. The van der Waals surface area contributed by atoms with Crippen LogP contribution >= 0.6 is 0 Å². The summed E-state index contributed by atoms with van der Waals surface area (Å²) in [5.74, 6) is -2.00. The van der Waals surface area contributed by atoms with E-state index in [1.54, 1.807) is 0 Å². The zero-order valence-electron chi connectivity index (χ0n) is 9.01. The fraction of sp³-hybridized carbons (Fsp3) is 0.286. The molecule has 96 valence electrons. The molecule has 0 fully saturated rings. The fourth-order valence-electron chi connectivity index (χ4n) is 1.29. The standard InChI is InChI=1S/C7H7N5O5S/c1-18(16,17)3-12-7(15)11-2-8-4(6(13)14)5(11)9-10-12/h2H,3H2,1H3,(H,13,14). The van der Waals surface area contributed by atoms with Crippen LogP contribution in [0.1, 0.15) is 10.5 Å². The Morgan fingerprint density at radius 2 is 2.17 bits per heavy atom. The van der Waals surface area contributed by atoms with E-state index in [-0.39, 0.29) is 5.65 Å². The largest absolute Gasteiger partial charge is 0.476 e. The highest BCUT2D eigenvalue weighted by molar-refractivity contribution is 7.89. The number of fused-ring (bicyclic) bond motifs is 1. The molecule has 2 aromatic rings. The van der Waals surface area contributed by atoms with Crippen LogP contribution in [-0.2, 0) is 15.7 Å². The second-order valence-electron chi connectivity index (χ2n) is 3.52. The van der Waals surface area contributed by atoms with E-state index >= 15 is 0 Å². The van der Waals surface area contributed by atoms with Gasteiger partial charge in [-0.2, -0.15) is 4.68 Å². The van der Waals surface area contributed by atoms with Gasteiger partial charge in [-0.25, -0.2) is 27.4 Å². The number of sulfone groups is 1. The molecule has 11 heteroatoms. The molecule has 0 bridgehead atoms. The highest BCUT2D eigenvalue weighted by Crippen LogP contribution is 2.02. The van der Waals surface area contributed by atoms with E-state index in [1.807, 2.05) is 0 Å². The molecule has 18 heavy (non-hydrogen) atoms. The zero-order valence-corrected chi connectivity index (χ0v) is 9.83. The van der Waals surface area contributed by atoms with Crippen LogP contribution in [0.15, 0.2) is 11.1 Å². The van der Waals surface area contributed by atoms with E-state index in [4.69, 9.17) is 5.11 Å². The van der Waals surface area contributed by atoms with Gasteiger partial charge in [0.1, 0.15) is 12.2 Å². The lowest BCUT2D eigenvalue weighted by molar-refractivity contribution is 0.0693. The van der Waals surface area contributed by atoms with Crippen LogP contribution in [0.3, 0.4) is 0 Å². The summed E-state index contributed by atoms with van der Waals surface area (Å²) in [5, 5.41) is 15.6. The Hall–Kier alpha value is -2.30. The van der Waals surface area contributed by atoms with E-state index in [0.717, 1.165) is 17.0 Å². The highest BCUT2D eigenvalue weighted by Gasteiger charge is 2.17. The van der Waals surface area contributed by atoms with Crippen LogP contribution in [0.2, 0.25) is 0 Å². The molecule has 0 saturated heterocycles. The van der Waals surface area contributed by atoms with Gasteiger partial charge in [0.05, 0.1) is 0 Å². The molecule has 0 saturated carbocycles. The maximum Gasteiger partial charge on any atom is 0.358 e. The molecule has 0 aromatic carbocycles. The van der Waals surface area contributed by atoms with Crippen molar-refractivity contribution < 1.29 is 18.3 Å². The first-order chi connectivity index (χ1) is 8.29. The Bertz CT molecular complexity index is 788. The maximum atomic E-state index is 11.8. The number of hydrogen-bond donors (Lipinski definition) is 1. The summed E-state index contributed by atoms with van der Waals surface area (Å²) >= 11 is 0. The molecular weight excluding hydrogens is 266 g/mol. The maximum absolute atomic E-state index is 11.8. The van der Waals surface area contributed by atoms with E-state index in [2.05, 4.69) is 15.3 Å². The average Bonchev–Trinajstić information content (AvgIpc) is 2.64. The van der Waals surface area contributed by atoms with Crippen LogP contribution in [0, 0.1) is 0 Å². The normalized spacial score (nSPS) is 11.8. The smallest absolute Gasteiger partial charge is 0.358 e. The van der Waals surface area contributed by atoms with Crippen molar-refractivity contribution in [3.63, 3.8) is 0 Å². The van der Waals surface area contributed by atoms with Gasteiger partial charge in [-0.1, -0.05) is 5.21 Å². The van der Waals surface area contributed by atoms with Crippen molar-refractivity contribution in [3.05, 3.63) is 22.5 Å². The molecule has 10 nitrogen and oxygen atoms in total. The lowest BCUT2D eigenvalue weighted by Gasteiger charge is -2.01. The predicted octanol–water partition coefficient (Wildman–Crippen LogP) is -2.01. The molecule has 0 spiro atoms. The van der Waals surface area contributed by atoms with Gasteiger partial charge in [-0.3, -0.25) is 0 Å². The monoisotopic (exact) mass is 273 g/mol. The van der Waals surface area contributed by atoms with Crippen molar-refractivity contribution in [2.75, 3.05) is 6.26 Å². The quantitative estimate of drug-likeness (QED) is 0.677. The summed E-state index contributed by atoms with van der Waals surface area (Å²) in [6.07, 6.45) is 1.89. The summed E-state index contributed by atoms with van der Waals surface area (Å²) in [5.41, 5.74) is -1.49. The minimum absolute atomic E-state index is 0.239. The third-order valence-corrected chi connectivity index (χ3v) is 2.69. The van der Waals surface area contributed by atoms with Crippen molar-refractivity contribution in [1.29, 1.82) is 0 Å². The number of carboxylic acids is 1. The number of carboxylic acid groups (broad SMARTS) is 1. The molecule has 0 atom stereocenters. The van der Waals surface area contributed by atoms with Gasteiger partial charge in [0.2, 0.25) is 0 Å². The first kappa shape index (κ1) is 12.2. The Labute approximate surface area is 99.4 Å². The van der Waals surface area contributed by atoms with E-state index in [0.29, 0.717) is 4.68 Å². The summed E-state index contributed by atoms with van der Waals surface area (Å²) in [7, 11) is -3.47. The number of aromatic nitrogens is 5. The molecule has 2 heterocycles. The Morgan fingerprint density at radius 1 is 1.50 bits per heavy atom. The summed E-state index contributed by atoms with van der Waals surface area (Å²) in [6, 6.07) is 0. The van der Waals surface area contributed by atoms with Gasteiger partial charge in [0.25, 0.3) is 0 Å². The molecule has 2 rings (SSSR count). The number of nitrogens with zero attached hydrogens (tertiary/aromatic N) is 5. The Balaban J connectivity index is 2.67. The van der Waals surface area contributed by atoms with Gasteiger partial charge in [0, 0.05) is 6.26 Å². The first-order valence-electron chi connectivity index (χ1n) is 4.51. The molecular formula is C7H7N5O5S. The van der Waals surface area contributed by atoms with Crippen LogP contribution in [0.4, 0.5) is 0 Å². The van der Waals surface area contributed by atoms with E-state index in [1.165, 1.54) is 0 Å². The number of aromatic carboxylic acids is 1. The second-order valence-corrected chi connectivity index (χ2v) is 5.63. The molecule has 2 aromatic heterocycles. The Kier molecular flexibility index (Phi) is 2.62. The molecule has 0 radical (unpaired) electrons. The van der Waals surface area contributed by atoms with Gasteiger partial charge >= 0.3 is 11.7 Å². The molecule has 0 aliphatic heterocycles. The number of hydrogen-bond acceptors (Lipinski definition) is 7. The van der Waals surface area contributed by atoms with Crippen LogP contribution < -0.4 is 5.69 Å². The minimum atomic E-state index is -3.47.